The molecule has 0 saturated carbocycles. The fourth-order valence-corrected chi connectivity index (χ4v) is 3.23. The number of hydrogen-bond donors (Lipinski definition) is 2. The molecule has 1 heterocycles. The van der Waals surface area contributed by atoms with E-state index >= 15 is 0 Å². The van der Waals surface area contributed by atoms with Gasteiger partial charge in [0, 0.05) is 23.1 Å². The molecule has 28 heavy (non-hydrogen) atoms. The summed E-state index contributed by atoms with van der Waals surface area (Å²) in [4.78, 5) is 49.7. The molecule has 1 aliphatic rings. The molecule has 0 saturated heterocycles. The van der Waals surface area contributed by atoms with E-state index in [9.17, 15) is 19.2 Å². The van der Waals surface area contributed by atoms with Crippen molar-refractivity contribution < 1.29 is 19.2 Å². The van der Waals surface area contributed by atoms with Gasteiger partial charge >= 0.3 is 0 Å². The van der Waals surface area contributed by atoms with Crippen LogP contribution in [0.15, 0.2) is 46.9 Å². The Hall–Kier alpha value is -3.00. The second-order valence-electron chi connectivity index (χ2n) is 6.36. The molecule has 0 aromatic heterocycles. The lowest BCUT2D eigenvalue weighted by Gasteiger charge is -2.13. The van der Waals surface area contributed by atoms with Crippen LogP contribution in [-0.2, 0) is 4.79 Å². The molecule has 4 amide bonds. The van der Waals surface area contributed by atoms with Crippen molar-refractivity contribution in [3.05, 3.63) is 69.2 Å². The van der Waals surface area contributed by atoms with Gasteiger partial charge in [-0.15, -0.1) is 0 Å². The summed E-state index contributed by atoms with van der Waals surface area (Å²) in [6.45, 7) is 1.95. The van der Waals surface area contributed by atoms with E-state index in [2.05, 4.69) is 26.6 Å². The lowest BCUT2D eigenvalue weighted by molar-refractivity contribution is -0.121. The average molecular weight is 444 g/mol. The first-order valence-corrected chi connectivity index (χ1v) is 9.43. The molecular weight excluding hydrogens is 426 g/mol. The number of fused-ring (bicyclic) bond motifs is 1. The quantitative estimate of drug-likeness (QED) is 0.526. The Kier molecular flexibility index (Phi) is 5.89. The summed E-state index contributed by atoms with van der Waals surface area (Å²) in [5.41, 5.74) is 2.08. The zero-order valence-electron chi connectivity index (χ0n) is 15.1. The third-order valence-corrected chi connectivity index (χ3v) is 4.74. The summed E-state index contributed by atoms with van der Waals surface area (Å²) in [7, 11) is 0. The lowest BCUT2D eigenvalue weighted by atomic mass is 10.1. The molecule has 0 radical (unpaired) electrons. The third kappa shape index (κ3) is 4.28. The number of aryl methyl sites for hydroxylation is 1. The molecule has 0 bridgehead atoms. The summed E-state index contributed by atoms with van der Waals surface area (Å²) in [5, 5.41) is 5.30. The molecule has 144 valence electrons. The van der Waals surface area contributed by atoms with Crippen LogP contribution in [0.1, 0.15) is 36.6 Å². The molecule has 0 spiro atoms. The Morgan fingerprint density at radius 3 is 2.43 bits per heavy atom. The molecule has 0 unspecified atom stereocenters. The lowest BCUT2D eigenvalue weighted by Crippen LogP contribution is -2.42. The van der Waals surface area contributed by atoms with E-state index in [0.717, 1.165) is 10.5 Å². The van der Waals surface area contributed by atoms with E-state index in [1.165, 1.54) is 0 Å². The van der Waals surface area contributed by atoms with Crippen LogP contribution in [0.4, 0.5) is 0 Å². The number of rotatable bonds is 6. The topological polar surface area (TPSA) is 95.6 Å². The summed E-state index contributed by atoms with van der Waals surface area (Å²) in [5.74, 6) is -1.69. The second kappa shape index (κ2) is 8.35. The van der Waals surface area contributed by atoms with Gasteiger partial charge in [0.2, 0.25) is 5.91 Å². The highest BCUT2D eigenvalue weighted by Crippen LogP contribution is 2.25. The van der Waals surface area contributed by atoms with Gasteiger partial charge in [-0.05, 0) is 37.3 Å². The number of imide groups is 1. The van der Waals surface area contributed by atoms with E-state index in [4.69, 9.17) is 0 Å². The van der Waals surface area contributed by atoms with Gasteiger partial charge in [-0.3, -0.25) is 24.1 Å². The van der Waals surface area contributed by atoms with Crippen LogP contribution >= 0.6 is 15.9 Å². The third-order valence-electron chi connectivity index (χ3n) is 4.25. The van der Waals surface area contributed by atoms with Crippen LogP contribution in [0.2, 0.25) is 0 Å². The van der Waals surface area contributed by atoms with E-state index < -0.39 is 17.7 Å². The molecular formula is C20H18BrN3O4. The number of amides is 4. The minimum absolute atomic E-state index is 0.186. The van der Waals surface area contributed by atoms with Crippen molar-refractivity contribution in [2.75, 3.05) is 19.6 Å². The maximum atomic E-state index is 12.3. The van der Waals surface area contributed by atoms with Crippen molar-refractivity contribution >= 4 is 39.6 Å². The smallest absolute Gasteiger partial charge is 0.262 e. The fraction of sp³-hybridized carbons (Fsp3) is 0.200. The minimum Gasteiger partial charge on any atom is -0.353 e. The number of carbonyl (C=O) groups excluding carboxylic acids is 4. The van der Waals surface area contributed by atoms with Crippen molar-refractivity contribution in [3.8, 4) is 0 Å². The first kappa shape index (κ1) is 19.8. The van der Waals surface area contributed by atoms with Crippen LogP contribution in [0.3, 0.4) is 0 Å². The SMILES string of the molecule is Cc1cccc(C(=O)NCCNC(=O)CN2C(=O)c3ccc(Br)cc3C2=O)c1. The molecule has 3 rings (SSSR count). The molecule has 7 nitrogen and oxygen atoms in total. The van der Waals surface area contributed by atoms with Gasteiger partial charge in [0.15, 0.2) is 0 Å². The second-order valence-corrected chi connectivity index (χ2v) is 7.28. The Balaban J connectivity index is 1.47. The van der Waals surface area contributed by atoms with Crippen LogP contribution < -0.4 is 10.6 Å². The van der Waals surface area contributed by atoms with E-state index in [0.29, 0.717) is 10.0 Å². The average Bonchev–Trinajstić information content (AvgIpc) is 2.89. The largest absolute Gasteiger partial charge is 0.353 e. The Morgan fingerprint density at radius 2 is 1.68 bits per heavy atom. The zero-order valence-corrected chi connectivity index (χ0v) is 16.7. The summed E-state index contributed by atoms with van der Waals surface area (Å²) in [6, 6.07) is 12.0. The number of nitrogens with zero attached hydrogens (tertiary/aromatic N) is 1. The maximum absolute atomic E-state index is 12.3. The number of hydrogen-bond acceptors (Lipinski definition) is 4. The van der Waals surface area contributed by atoms with E-state index in [-0.39, 0.29) is 36.7 Å². The molecule has 2 aromatic carbocycles. The first-order valence-electron chi connectivity index (χ1n) is 8.64. The van der Waals surface area contributed by atoms with Gasteiger partial charge < -0.3 is 10.6 Å². The van der Waals surface area contributed by atoms with Crippen molar-refractivity contribution in [1.29, 1.82) is 0 Å². The van der Waals surface area contributed by atoms with Gasteiger partial charge in [0.1, 0.15) is 6.54 Å². The van der Waals surface area contributed by atoms with Crippen molar-refractivity contribution in [3.63, 3.8) is 0 Å². The zero-order chi connectivity index (χ0) is 20.3. The van der Waals surface area contributed by atoms with Gasteiger partial charge in [0.05, 0.1) is 11.1 Å². The summed E-state index contributed by atoms with van der Waals surface area (Å²) in [6.07, 6.45) is 0. The molecule has 2 N–H and O–H groups in total. The van der Waals surface area contributed by atoms with Crippen LogP contribution in [0.5, 0.6) is 0 Å². The fourth-order valence-electron chi connectivity index (χ4n) is 2.87. The highest BCUT2D eigenvalue weighted by molar-refractivity contribution is 9.10. The van der Waals surface area contributed by atoms with Gasteiger partial charge in [-0.2, -0.15) is 0 Å². The number of nitrogens with one attached hydrogen (secondary N) is 2. The monoisotopic (exact) mass is 443 g/mol. The predicted molar refractivity (Wildman–Crippen MR) is 106 cm³/mol. The molecule has 8 heteroatoms. The Morgan fingerprint density at radius 1 is 0.964 bits per heavy atom. The van der Waals surface area contributed by atoms with Crippen LogP contribution in [0.25, 0.3) is 0 Å². The summed E-state index contributed by atoms with van der Waals surface area (Å²) >= 11 is 3.26. The minimum atomic E-state index is -0.496. The van der Waals surface area contributed by atoms with Crippen LogP contribution in [0, 0.1) is 6.92 Å². The van der Waals surface area contributed by atoms with E-state index in [1.54, 1.807) is 36.4 Å². The highest BCUT2D eigenvalue weighted by Gasteiger charge is 2.36. The van der Waals surface area contributed by atoms with Crippen molar-refractivity contribution in [2.24, 2.45) is 0 Å². The first-order chi connectivity index (χ1) is 13.4. The molecule has 0 fully saturated rings. The maximum Gasteiger partial charge on any atom is 0.262 e. The predicted octanol–water partition coefficient (Wildman–Crippen LogP) is 1.90. The van der Waals surface area contributed by atoms with E-state index in [1.807, 2.05) is 13.0 Å². The van der Waals surface area contributed by atoms with Gasteiger partial charge in [-0.1, -0.05) is 33.6 Å². The summed E-state index contributed by atoms with van der Waals surface area (Å²) < 4.78 is 0.683. The highest BCUT2D eigenvalue weighted by atomic mass is 79.9. The number of halogens is 1. The molecule has 0 atom stereocenters. The molecule has 1 aliphatic heterocycles. The Bertz CT molecular complexity index is 974. The Labute approximate surface area is 170 Å². The van der Waals surface area contributed by atoms with Crippen molar-refractivity contribution in [1.82, 2.24) is 15.5 Å². The van der Waals surface area contributed by atoms with Gasteiger partial charge in [-0.25, -0.2) is 0 Å². The molecule has 0 aliphatic carbocycles. The number of carbonyl (C=O) groups is 4. The number of benzene rings is 2. The van der Waals surface area contributed by atoms with Gasteiger partial charge in [0.25, 0.3) is 17.7 Å². The van der Waals surface area contributed by atoms with Crippen molar-refractivity contribution in [2.45, 2.75) is 6.92 Å². The molecule has 2 aromatic rings. The normalized spacial score (nSPS) is 12.7. The van der Waals surface area contributed by atoms with Crippen LogP contribution in [-0.4, -0.2) is 48.2 Å². The standard InChI is InChI=1S/C20H18BrN3O4/c1-12-3-2-4-13(9-12)18(26)23-8-7-22-17(25)11-24-19(27)15-6-5-14(21)10-16(15)20(24)28/h2-6,9-10H,7-8,11H2,1H3,(H,22,25)(H,23,26).